The van der Waals surface area contributed by atoms with Gasteiger partial charge in [-0.05, 0) is 54.3 Å². The zero-order chi connectivity index (χ0) is 20.9. The Morgan fingerprint density at radius 3 is 2.73 bits per heavy atom. The van der Waals surface area contributed by atoms with Crippen molar-refractivity contribution in [1.82, 2.24) is 14.8 Å². The molecule has 4 rings (SSSR count). The van der Waals surface area contributed by atoms with E-state index in [0.717, 1.165) is 42.2 Å². The SMILES string of the molecule is O=C1S/C(=C/c2ccccc2)C(=O)N1CCC(=O)N1CCCC[C@H]1c1cccnc1. The van der Waals surface area contributed by atoms with Gasteiger partial charge in [-0.1, -0.05) is 36.4 Å². The van der Waals surface area contributed by atoms with Gasteiger partial charge in [-0.3, -0.25) is 24.3 Å². The molecular formula is C23H23N3O3S. The van der Waals surface area contributed by atoms with Crippen LogP contribution in [0.2, 0.25) is 0 Å². The highest BCUT2D eigenvalue weighted by molar-refractivity contribution is 8.18. The fraction of sp³-hybridized carbons (Fsp3) is 0.304. The summed E-state index contributed by atoms with van der Waals surface area (Å²) >= 11 is 0.927. The van der Waals surface area contributed by atoms with Crippen LogP contribution in [0.3, 0.4) is 0 Å². The highest BCUT2D eigenvalue weighted by atomic mass is 32.2. The van der Waals surface area contributed by atoms with E-state index in [1.165, 1.54) is 4.90 Å². The highest BCUT2D eigenvalue weighted by Gasteiger charge is 2.36. The first kappa shape index (κ1) is 20.3. The standard InChI is InChI=1S/C23H23N3O3S/c27-21(25-13-5-4-10-19(25)18-9-6-12-24-16-18)11-14-26-22(28)20(30-23(26)29)15-17-7-2-1-3-8-17/h1-3,6-9,12,15-16,19H,4-5,10-11,13-14H2/b20-15+/t19-/m0/s1. The van der Waals surface area contributed by atoms with E-state index in [-0.39, 0.29) is 36.1 Å². The van der Waals surface area contributed by atoms with Crippen molar-refractivity contribution in [3.63, 3.8) is 0 Å². The topological polar surface area (TPSA) is 70.6 Å². The van der Waals surface area contributed by atoms with Gasteiger partial charge >= 0.3 is 0 Å². The molecule has 2 aromatic rings. The van der Waals surface area contributed by atoms with Gasteiger partial charge in [-0.15, -0.1) is 0 Å². The predicted molar refractivity (Wildman–Crippen MR) is 116 cm³/mol. The number of imide groups is 1. The Hall–Kier alpha value is -2.93. The van der Waals surface area contributed by atoms with Crippen LogP contribution in [0.5, 0.6) is 0 Å². The third-order valence-corrected chi connectivity index (χ3v) is 6.32. The van der Waals surface area contributed by atoms with Gasteiger partial charge in [0.05, 0.1) is 10.9 Å². The second kappa shape index (κ2) is 9.26. The van der Waals surface area contributed by atoms with Crippen molar-refractivity contribution < 1.29 is 14.4 Å². The Bertz CT molecular complexity index is 962. The number of thioether (sulfide) groups is 1. The van der Waals surface area contributed by atoms with Gasteiger partial charge < -0.3 is 4.90 Å². The lowest BCUT2D eigenvalue weighted by atomic mass is 9.96. The van der Waals surface area contributed by atoms with Crippen molar-refractivity contribution in [1.29, 1.82) is 0 Å². The average molecular weight is 422 g/mol. The van der Waals surface area contributed by atoms with Gasteiger partial charge in [0.2, 0.25) is 5.91 Å². The van der Waals surface area contributed by atoms with Crippen LogP contribution in [0.4, 0.5) is 4.79 Å². The zero-order valence-corrected chi connectivity index (χ0v) is 17.4. The fourth-order valence-electron chi connectivity index (χ4n) is 3.89. The van der Waals surface area contributed by atoms with Crippen LogP contribution in [0.1, 0.15) is 42.9 Å². The molecule has 0 spiro atoms. The minimum atomic E-state index is -0.330. The molecule has 0 aliphatic carbocycles. The van der Waals surface area contributed by atoms with Gasteiger partial charge in [0, 0.05) is 31.9 Å². The molecule has 0 radical (unpaired) electrons. The van der Waals surface area contributed by atoms with Crippen molar-refractivity contribution in [3.8, 4) is 0 Å². The van der Waals surface area contributed by atoms with Crippen molar-refractivity contribution in [2.75, 3.05) is 13.1 Å². The molecule has 0 bridgehead atoms. The van der Waals surface area contributed by atoms with Crippen LogP contribution in [0.15, 0.2) is 59.8 Å². The van der Waals surface area contributed by atoms with Crippen LogP contribution in [0.25, 0.3) is 6.08 Å². The average Bonchev–Trinajstić information content (AvgIpc) is 3.05. The number of benzene rings is 1. The van der Waals surface area contributed by atoms with E-state index in [9.17, 15) is 14.4 Å². The quantitative estimate of drug-likeness (QED) is 0.675. The molecule has 0 unspecified atom stereocenters. The minimum absolute atomic E-state index is 0.00726. The number of likely N-dealkylation sites (tertiary alicyclic amines) is 1. The van der Waals surface area contributed by atoms with Crippen LogP contribution in [-0.4, -0.2) is 44.9 Å². The first-order chi connectivity index (χ1) is 14.6. The molecule has 30 heavy (non-hydrogen) atoms. The molecule has 1 aromatic carbocycles. The summed E-state index contributed by atoms with van der Waals surface area (Å²) in [4.78, 5) is 45.6. The van der Waals surface area contributed by atoms with E-state index in [0.29, 0.717) is 11.4 Å². The summed E-state index contributed by atoms with van der Waals surface area (Å²) in [6.07, 6.45) is 8.31. The van der Waals surface area contributed by atoms with E-state index in [1.807, 2.05) is 47.4 Å². The molecule has 2 aliphatic rings. The van der Waals surface area contributed by atoms with E-state index in [2.05, 4.69) is 4.98 Å². The molecule has 154 valence electrons. The highest BCUT2D eigenvalue weighted by Crippen LogP contribution is 2.33. The van der Waals surface area contributed by atoms with Crippen molar-refractivity contribution >= 4 is 34.9 Å². The van der Waals surface area contributed by atoms with Crippen molar-refractivity contribution in [2.45, 2.75) is 31.7 Å². The second-order valence-electron chi connectivity index (χ2n) is 7.38. The third kappa shape index (κ3) is 4.46. The maximum Gasteiger partial charge on any atom is 0.293 e. The number of carbonyl (C=O) groups is 3. The minimum Gasteiger partial charge on any atom is -0.336 e. The van der Waals surface area contributed by atoms with E-state index in [4.69, 9.17) is 0 Å². The van der Waals surface area contributed by atoms with E-state index >= 15 is 0 Å². The van der Waals surface area contributed by atoms with Crippen molar-refractivity contribution in [2.24, 2.45) is 0 Å². The largest absolute Gasteiger partial charge is 0.336 e. The van der Waals surface area contributed by atoms with Crippen molar-refractivity contribution in [3.05, 3.63) is 70.9 Å². The van der Waals surface area contributed by atoms with Crippen LogP contribution in [0, 0.1) is 0 Å². The van der Waals surface area contributed by atoms with Gasteiger partial charge in [0.15, 0.2) is 0 Å². The monoisotopic (exact) mass is 421 g/mol. The molecule has 0 saturated carbocycles. The first-order valence-corrected chi connectivity index (χ1v) is 10.9. The number of rotatable bonds is 5. The van der Waals surface area contributed by atoms with Gasteiger partial charge in [0.1, 0.15) is 0 Å². The normalized spacial score (nSPS) is 20.8. The number of hydrogen-bond acceptors (Lipinski definition) is 5. The number of nitrogens with zero attached hydrogens (tertiary/aromatic N) is 3. The number of pyridine rings is 1. The maximum atomic E-state index is 13.0. The molecule has 1 atom stereocenters. The maximum absolute atomic E-state index is 13.0. The molecule has 2 aliphatic heterocycles. The summed E-state index contributed by atoms with van der Waals surface area (Å²) in [5.41, 5.74) is 1.90. The van der Waals surface area contributed by atoms with E-state index in [1.54, 1.807) is 18.5 Å². The van der Waals surface area contributed by atoms with Crippen LogP contribution >= 0.6 is 11.8 Å². The number of carbonyl (C=O) groups excluding carboxylic acids is 3. The number of amides is 3. The lowest BCUT2D eigenvalue weighted by molar-refractivity contribution is -0.135. The Morgan fingerprint density at radius 2 is 1.97 bits per heavy atom. The van der Waals surface area contributed by atoms with Gasteiger partial charge in [-0.2, -0.15) is 0 Å². The Kier molecular flexibility index (Phi) is 6.28. The number of piperidine rings is 1. The zero-order valence-electron chi connectivity index (χ0n) is 16.6. The summed E-state index contributed by atoms with van der Waals surface area (Å²) in [5, 5.41) is -0.322. The predicted octanol–water partition coefficient (Wildman–Crippen LogP) is 4.26. The molecule has 6 nitrogen and oxygen atoms in total. The van der Waals surface area contributed by atoms with Crippen LogP contribution in [-0.2, 0) is 9.59 Å². The fourth-order valence-corrected chi connectivity index (χ4v) is 4.76. The Balaban J connectivity index is 1.41. The lowest BCUT2D eigenvalue weighted by Crippen LogP contribution is -2.40. The van der Waals surface area contributed by atoms with Gasteiger partial charge in [0.25, 0.3) is 11.1 Å². The summed E-state index contributed by atoms with van der Waals surface area (Å²) in [6.45, 7) is 0.792. The molecule has 0 N–H and O–H groups in total. The second-order valence-corrected chi connectivity index (χ2v) is 8.37. The molecule has 7 heteroatoms. The van der Waals surface area contributed by atoms with Gasteiger partial charge in [-0.25, -0.2) is 0 Å². The molecular weight excluding hydrogens is 398 g/mol. The Labute approximate surface area is 180 Å². The van der Waals surface area contributed by atoms with E-state index < -0.39 is 0 Å². The molecule has 3 amide bonds. The molecule has 2 fully saturated rings. The first-order valence-electron chi connectivity index (χ1n) is 10.1. The third-order valence-electron chi connectivity index (χ3n) is 5.41. The number of aromatic nitrogens is 1. The summed E-state index contributed by atoms with van der Waals surface area (Å²) in [7, 11) is 0. The number of hydrogen-bond donors (Lipinski definition) is 0. The summed E-state index contributed by atoms with van der Waals surface area (Å²) < 4.78 is 0. The summed E-state index contributed by atoms with van der Waals surface area (Å²) in [5.74, 6) is -0.362. The Morgan fingerprint density at radius 1 is 1.13 bits per heavy atom. The molecule has 1 aromatic heterocycles. The summed E-state index contributed by atoms with van der Waals surface area (Å²) in [6, 6.07) is 13.3. The molecule has 2 saturated heterocycles. The lowest BCUT2D eigenvalue weighted by Gasteiger charge is -2.36. The molecule has 3 heterocycles. The smallest absolute Gasteiger partial charge is 0.293 e. The van der Waals surface area contributed by atoms with Crippen LogP contribution < -0.4 is 0 Å².